The molecule has 0 aromatic heterocycles. The van der Waals surface area contributed by atoms with Gasteiger partial charge in [0.1, 0.15) is 5.60 Å². The average molecular weight is 310 g/mol. The monoisotopic (exact) mass is 310 g/mol. The maximum atomic E-state index is 11.9. The van der Waals surface area contributed by atoms with E-state index in [9.17, 15) is 4.79 Å². The molecule has 2 aliphatic rings. The van der Waals surface area contributed by atoms with E-state index in [2.05, 4.69) is 17.6 Å². The van der Waals surface area contributed by atoms with Crippen molar-refractivity contribution in [3.63, 3.8) is 0 Å². The highest BCUT2D eigenvalue weighted by molar-refractivity contribution is 5.68. The fourth-order valence-electron chi connectivity index (χ4n) is 3.87. The molecule has 4 atom stereocenters. The molecule has 0 aliphatic heterocycles. The second-order valence-electron chi connectivity index (χ2n) is 8.34. The van der Waals surface area contributed by atoms with Gasteiger partial charge in [0.05, 0.1) is 0 Å². The van der Waals surface area contributed by atoms with Crippen molar-refractivity contribution in [3.05, 3.63) is 0 Å². The Morgan fingerprint density at radius 3 is 2.18 bits per heavy atom. The van der Waals surface area contributed by atoms with Crippen molar-refractivity contribution in [1.29, 1.82) is 0 Å². The van der Waals surface area contributed by atoms with E-state index in [0.29, 0.717) is 12.1 Å². The number of ether oxygens (including phenoxy) is 1. The highest BCUT2D eigenvalue weighted by Gasteiger charge is 2.28. The van der Waals surface area contributed by atoms with Crippen molar-refractivity contribution in [2.24, 2.45) is 5.92 Å². The molecular weight excluding hydrogens is 276 g/mol. The SMILES string of the molecule is CC1CCCC(NC2CCCC(NC(=O)OC(C)(C)C)C2)C1. The lowest BCUT2D eigenvalue weighted by molar-refractivity contribution is 0.0487. The van der Waals surface area contributed by atoms with Crippen LogP contribution in [0.3, 0.4) is 0 Å². The van der Waals surface area contributed by atoms with Gasteiger partial charge in [-0.1, -0.05) is 19.8 Å². The second kappa shape index (κ2) is 7.67. The van der Waals surface area contributed by atoms with E-state index >= 15 is 0 Å². The van der Waals surface area contributed by atoms with E-state index in [1.807, 2.05) is 20.8 Å². The molecule has 0 bridgehead atoms. The van der Waals surface area contributed by atoms with Crippen LogP contribution in [0.2, 0.25) is 0 Å². The zero-order valence-electron chi connectivity index (χ0n) is 14.8. The molecule has 0 spiro atoms. The number of carbonyl (C=O) groups excluding carboxylic acids is 1. The molecule has 4 nitrogen and oxygen atoms in total. The summed E-state index contributed by atoms with van der Waals surface area (Å²) in [4.78, 5) is 11.9. The number of carbonyl (C=O) groups is 1. The molecule has 1 amide bonds. The van der Waals surface area contributed by atoms with Crippen LogP contribution in [0.15, 0.2) is 0 Å². The lowest BCUT2D eigenvalue weighted by Crippen LogP contribution is -2.48. The summed E-state index contributed by atoms with van der Waals surface area (Å²) in [6, 6.07) is 1.47. The topological polar surface area (TPSA) is 50.4 Å². The molecule has 22 heavy (non-hydrogen) atoms. The van der Waals surface area contributed by atoms with Crippen molar-refractivity contribution in [1.82, 2.24) is 10.6 Å². The lowest BCUT2D eigenvalue weighted by atomic mass is 9.85. The normalized spacial score (nSPS) is 33.3. The van der Waals surface area contributed by atoms with Crippen molar-refractivity contribution < 1.29 is 9.53 Å². The minimum atomic E-state index is -0.422. The van der Waals surface area contributed by atoms with Crippen LogP contribution in [0.25, 0.3) is 0 Å². The summed E-state index contributed by atoms with van der Waals surface area (Å²) in [5.74, 6) is 0.852. The molecule has 2 fully saturated rings. The second-order valence-corrected chi connectivity index (χ2v) is 8.34. The molecule has 2 saturated carbocycles. The quantitative estimate of drug-likeness (QED) is 0.828. The Morgan fingerprint density at radius 2 is 1.55 bits per heavy atom. The Morgan fingerprint density at radius 1 is 0.955 bits per heavy atom. The molecule has 4 unspecified atom stereocenters. The molecule has 2 N–H and O–H groups in total. The predicted molar refractivity (Wildman–Crippen MR) is 90.0 cm³/mol. The van der Waals surface area contributed by atoms with Gasteiger partial charge in [0.2, 0.25) is 0 Å². The molecule has 2 aliphatic carbocycles. The van der Waals surface area contributed by atoms with E-state index in [1.165, 1.54) is 38.5 Å². The third-order valence-corrected chi connectivity index (χ3v) is 4.80. The first kappa shape index (κ1) is 17.6. The van der Waals surface area contributed by atoms with E-state index < -0.39 is 5.60 Å². The minimum Gasteiger partial charge on any atom is -0.444 e. The van der Waals surface area contributed by atoms with Crippen LogP contribution in [0.4, 0.5) is 4.79 Å². The molecule has 0 aromatic carbocycles. The fourth-order valence-corrected chi connectivity index (χ4v) is 3.87. The van der Waals surface area contributed by atoms with Gasteiger partial charge in [-0.2, -0.15) is 0 Å². The summed E-state index contributed by atoms with van der Waals surface area (Å²) in [6.07, 6.45) is 9.59. The third kappa shape index (κ3) is 6.15. The molecule has 0 aromatic rings. The molecular formula is C18H34N2O2. The molecule has 0 saturated heterocycles. The van der Waals surface area contributed by atoms with Crippen molar-refractivity contribution >= 4 is 6.09 Å². The van der Waals surface area contributed by atoms with Gasteiger partial charge in [0.15, 0.2) is 0 Å². The van der Waals surface area contributed by atoms with Gasteiger partial charge in [-0.3, -0.25) is 0 Å². The number of hydrogen-bond donors (Lipinski definition) is 2. The molecule has 2 rings (SSSR count). The summed E-state index contributed by atoms with van der Waals surface area (Å²) in [5.41, 5.74) is -0.422. The minimum absolute atomic E-state index is 0.252. The van der Waals surface area contributed by atoms with E-state index in [0.717, 1.165) is 18.8 Å². The van der Waals surface area contributed by atoms with Crippen LogP contribution in [-0.2, 0) is 4.74 Å². The Hall–Kier alpha value is -0.770. The number of amides is 1. The van der Waals surface area contributed by atoms with Crippen LogP contribution in [-0.4, -0.2) is 29.8 Å². The number of rotatable bonds is 3. The smallest absolute Gasteiger partial charge is 0.407 e. The van der Waals surface area contributed by atoms with Crippen molar-refractivity contribution in [2.45, 2.75) is 103 Å². The third-order valence-electron chi connectivity index (χ3n) is 4.80. The fraction of sp³-hybridized carbons (Fsp3) is 0.944. The summed E-state index contributed by atoms with van der Waals surface area (Å²) in [6.45, 7) is 8.08. The van der Waals surface area contributed by atoms with Crippen molar-refractivity contribution in [3.8, 4) is 0 Å². The van der Waals surface area contributed by atoms with Crippen LogP contribution in [0.5, 0.6) is 0 Å². The zero-order chi connectivity index (χ0) is 16.2. The van der Waals surface area contributed by atoms with Crippen LogP contribution >= 0.6 is 0 Å². The van der Waals surface area contributed by atoms with E-state index in [1.54, 1.807) is 0 Å². The Bertz CT molecular complexity index is 365. The van der Waals surface area contributed by atoms with Crippen LogP contribution in [0, 0.1) is 5.92 Å². The summed E-state index contributed by atoms with van der Waals surface area (Å²) < 4.78 is 5.37. The first-order chi connectivity index (χ1) is 10.3. The molecule has 128 valence electrons. The summed E-state index contributed by atoms with van der Waals surface area (Å²) >= 11 is 0. The van der Waals surface area contributed by atoms with Gasteiger partial charge in [-0.25, -0.2) is 4.79 Å². The van der Waals surface area contributed by atoms with Gasteiger partial charge >= 0.3 is 6.09 Å². The number of nitrogens with one attached hydrogen (secondary N) is 2. The van der Waals surface area contributed by atoms with Gasteiger partial charge in [-0.05, 0) is 65.2 Å². The highest BCUT2D eigenvalue weighted by Crippen LogP contribution is 2.26. The zero-order valence-corrected chi connectivity index (χ0v) is 14.8. The number of alkyl carbamates (subject to hydrolysis) is 1. The van der Waals surface area contributed by atoms with Gasteiger partial charge < -0.3 is 15.4 Å². The lowest BCUT2D eigenvalue weighted by Gasteiger charge is -2.36. The number of hydrogen-bond acceptors (Lipinski definition) is 3. The Balaban J connectivity index is 1.75. The molecule has 4 heteroatoms. The average Bonchev–Trinajstić information content (AvgIpc) is 2.36. The first-order valence-corrected chi connectivity index (χ1v) is 9.07. The maximum Gasteiger partial charge on any atom is 0.407 e. The van der Waals surface area contributed by atoms with Gasteiger partial charge in [0, 0.05) is 18.1 Å². The van der Waals surface area contributed by atoms with Crippen LogP contribution in [0.1, 0.15) is 79.1 Å². The van der Waals surface area contributed by atoms with Gasteiger partial charge in [0.25, 0.3) is 0 Å². The largest absolute Gasteiger partial charge is 0.444 e. The van der Waals surface area contributed by atoms with Gasteiger partial charge in [-0.15, -0.1) is 0 Å². The highest BCUT2D eigenvalue weighted by atomic mass is 16.6. The Labute approximate surface area is 135 Å². The maximum absolute atomic E-state index is 11.9. The predicted octanol–water partition coefficient (Wildman–Crippen LogP) is 3.99. The Kier molecular flexibility index (Phi) is 6.13. The van der Waals surface area contributed by atoms with Crippen molar-refractivity contribution in [2.75, 3.05) is 0 Å². The van der Waals surface area contributed by atoms with E-state index in [-0.39, 0.29) is 12.1 Å². The first-order valence-electron chi connectivity index (χ1n) is 9.07. The van der Waals surface area contributed by atoms with E-state index in [4.69, 9.17) is 4.74 Å². The van der Waals surface area contributed by atoms with Crippen LogP contribution < -0.4 is 10.6 Å². The standard InChI is InChI=1S/C18H34N2O2/c1-13-7-5-8-14(11-13)19-15-9-6-10-16(12-15)20-17(21)22-18(2,3)4/h13-16,19H,5-12H2,1-4H3,(H,20,21). The summed E-state index contributed by atoms with van der Waals surface area (Å²) in [7, 11) is 0. The molecule has 0 heterocycles. The summed E-state index contributed by atoms with van der Waals surface area (Å²) in [5, 5.41) is 6.90. The molecule has 0 radical (unpaired) electrons.